The van der Waals surface area contributed by atoms with Crippen molar-refractivity contribution in [1.29, 1.82) is 0 Å². The molecule has 1 rings (SSSR count). The van der Waals surface area contributed by atoms with Gasteiger partial charge < -0.3 is 14.8 Å². The van der Waals surface area contributed by atoms with Crippen LogP contribution < -0.4 is 10.0 Å². The molecule has 0 bridgehead atoms. The van der Waals surface area contributed by atoms with Crippen molar-refractivity contribution in [3.8, 4) is 0 Å². The Kier molecular flexibility index (Phi) is 5.32. The fourth-order valence-corrected chi connectivity index (χ4v) is 2.10. The van der Waals surface area contributed by atoms with Crippen LogP contribution in [-0.2, 0) is 20.7 Å². The summed E-state index contributed by atoms with van der Waals surface area (Å²) in [4.78, 5) is 23.4. The van der Waals surface area contributed by atoms with Gasteiger partial charge in [0.05, 0.1) is 18.9 Å². The van der Waals surface area contributed by atoms with Gasteiger partial charge in [0.15, 0.2) is 0 Å². The highest BCUT2D eigenvalue weighted by atomic mass is 32.1. The number of carbonyl (C=O) groups excluding carboxylic acids is 2. The van der Waals surface area contributed by atoms with E-state index in [4.69, 9.17) is 4.74 Å². The lowest BCUT2D eigenvalue weighted by molar-refractivity contribution is -0.906. The minimum absolute atomic E-state index is 0.103. The number of hydrogen-bond acceptors (Lipinski definition) is 6. The fourth-order valence-electron chi connectivity index (χ4n) is 1.42. The van der Waals surface area contributed by atoms with E-state index in [0.29, 0.717) is 5.69 Å². The number of aromatic nitrogens is 1. The highest BCUT2D eigenvalue weighted by molar-refractivity contribution is 7.07. The number of nitrogens with zero attached hydrogens (tertiary/aromatic N) is 1. The zero-order chi connectivity index (χ0) is 15.3. The zero-order valence-electron chi connectivity index (χ0n) is 11.9. The lowest BCUT2D eigenvalue weighted by Crippen LogP contribution is -2.47. The van der Waals surface area contributed by atoms with Crippen LogP contribution in [0.4, 0.5) is 4.79 Å². The minimum Gasteiger partial charge on any atom is -0.467 e. The van der Waals surface area contributed by atoms with Crippen molar-refractivity contribution in [2.75, 3.05) is 7.11 Å². The second kappa shape index (κ2) is 6.56. The standard InChI is InChI=1S/C12H18N2O5S/c1-12(2,3)19-11(16)13-9(10(15)18-4)5-8-6-20-7-14(8)17/h6-7,9H,5H2,1-4H3,(H-,13,16,17)/p+1/t9-/m0/s1. The number of hydrogen-bond donors (Lipinski definition) is 2. The van der Waals surface area contributed by atoms with Gasteiger partial charge in [-0.1, -0.05) is 11.3 Å². The average molecular weight is 303 g/mol. The van der Waals surface area contributed by atoms with Crippen LogP contribution in [0.2, 0.25) is 0 Å². The number of carbonyl (C=O) groups is 2. The van der Waals surface area contributed by atoms with Gasteiger partial charge in [-0.2, -0.15) is 0 Å². The zero-order valence-corrected chi connectivity index (χ0v) is 12.7. The molecular formula is C12H19N2O5S+. The molecule has 0 spiro atoms. The van der Waals surface area contributed by atoms with Crippen LogP contribution in [0.25, 0.3) is 0 Å². The SMILES string of the molecule is COC(=O)[C@H](Cc1csc[n+]1O)NC(=O)OC(C)(C)C. The summed E-state index contributed by atoms with van der Waals surface area (Å²) in [6.07, 6.45) is -0.612. The van der Waals surface area contributed by atoms with Gasteiger partial charge in [-0.15, -0.1) is 0 Å². The normalized spacial score (nSPS) is 12.6. The molecule has 8 heteroatoms. The van der Waals surface area contributed by atoms with E-state index >= 15 is 0 Å². The predicted octanol–water partition coefficient (Wildman–Crippen LogP) is 0.882. The summed E-state index contributed by atoms with van der Waals surface area (Å²) in [5.41, 5.74) is 1.29. The summed E-state index contributed by atoms with van der Waals surface area (Å²) >= 11 is 1.27. The maximum atomic E-state index is 11.7. The van der Waals surface area contributed by atoms with Crippen molar-refractivity contribution in [2.45, 2.75) is 38.8 Å². The molecule has 0 aromatic carbocycles. The smallest absolute Gasteiger partial charge is 0.408 e. The molecule has 2 N–H and O–H groups in total. The van der Waals surface area contributed by atoms with Gasteiger partial charge in [0.2, 0.25) is 5.69 Å². The molecule has 112 valence electrons. The van der Waals surface area contributed by atoms with Gasteiger partial charge in [-0.05, 0) is 20.8 Å². The first-order valence-corrected chi connectivity index (χ1v) is 6.90. The van der Waals surface area contributed by atoms with E-state index in [1.54, 1.807) is 26.2 Å². The third-order valence-electron chi connectivity index (χ3n) is 2.25. The number of methoxy groups -OCH3 is 1. The molecule has 1 aromatic heterocycles. The Morgan fingerprint density at radius 2 is 2.15 bits per heavy atom. The molecule has 0 aliphatic heterocycles. The van der Waals surface area contributed by atoms with E-state index in [2.05, 4.69) is 10.1 Å². The number of amides is 1. The molecule has 0 aliphatic carbocycles. The van der Waals surface area contributed by atoms with Crippen LogP contribution >= 0.6 is 11.3 Å². The Labute approximate surface area is 121 Å². The Hall–Kier alpha value is -1.83. The summed E-state index contributed by atoms with van der Waals surface area (Å²) < 4.78 is 10.6. The molecule has 0 unspecified atom stereocenters. The molecule has 1 atom stereocenters. The van der Waals surface area contributed by atoms with Crippen molar-refractivity contribution >= 4 is 23.4 Å². The lowest BCUT2D eigenvalue weighted by Gasteiger charge is -2.21. The highest BCUT2D eigenvalue weighted by Gasteiger charge is 2.29. The first-order chi connectivity index (χ1) is 9.23. The van der Waals surface area contributed by atoms with Crippen molar-refractivity contribution in [1.82, 2.24) is 5.32 Å². The van der Waals surface area contributed by atoms with Crippen molar-refractivity contribution in [3.63, 3.8) is 0 Å². The third kappa shape index (κ3) is 5.04. The van der Waals surface area contributed by atoms with E-state index in [9.17, 15) is 14.8 Å². The van der Waals surface area contributed by atoms with Crippen molar-refractivity contribution in [3.05, 3.63) is 16.6 Å². The second-order valence-corrected chi connectivity index (χ2v) is 5.84. The van der Waals surface area contributed by atoms with E-state index < -0.39 is 23.7 Å². The minimum atomic E-state index is -0.928. The number of rotatable bonds is 4. The van der Waals surface area contributed by atoms with Crippen LogP contribution in [0.5, 0.6) is 0 Å². The molecule has 0 radical (unpaired) electrons. The Bertz CT molecular complexity index is 480. The topological polar surface area (TPSA) is 88.7 Å². The average Bonchev–Trinajstić information content (AvgIpc) is 2.70. The second-order valence-electron chi connectivity index (χ2n) is 5.12. The van der Waals surface area contributed by atoms with Gasteiger partial charge >= 0.3 is 12.1 Å². The van der Waals surface area contributed by atoms with Crippen molar-refractivity contribution in [2.24, 2.45) is 0 Å². The molecule has 0 saturated carbocycles. The molecule has 1 heterocycles. The number of nitrogens with one attached hydrogen (secondary N) is 1. The highest BCUT2D eigenvalue weighted by Crippen LogP contribution is 2.08. The molecule has 1 aromatic rings. The predicted molar refractivity (Wildman–Crippen MR) is 70.6 cm³/mol. The van der Waals surface area contributed by atoms with E-state index in [1.807, 2.05) is 0 Å². The Morgan fingerprint density at radius 1 is 1.50 bits per heavy atom. The number of alkyl carbamates (subject to hydrolysis) is 1. The molecule has 0 saturated heterocycles. The first kappa shape index (κ1) is 16.2. The first-order valence-electron chi connectivity index (χ1n) is 5.96. The number of ether oxygens (including phenoxy) is 2. The molecule has 0 fully saturated rings. The van der Waals surface area contributed by atoms with Crippen LogP contribution in [0.1, 0.15) is 26.5 Å². The van der Waals surface area contributed by atoms with Crippen LogP contribution in [-0.4, -0.2) is 36.0 Å². The van der Waals surface area contributed by atoms with E-state index in [-0.39, 0.29) is 6.42 Å². The summed E-state index contributed by atoms with van der Waals surface area (Å²) in [5, 5.41) is 13.6. The fraction of sp³-hybridized carbons (Fsp3) is 0.583. The van der Waals surface area contributed by atoms with Crippen LogP contribution in [0.3, 0.4) is 0 Å². The van der Waals surface area contributed by atoms with E-state index in [0.717, 1.165) is 4.73 Å². The quantitative estimate of drug-likeness (QED) is 0.490. The van der Waals surface area contributed by atoms with Gasteiger partial charge in [0, 0.05) is 4.73 Å². The molecular weight excluding hydrogens is 284 g/mol. The number of thiazole rings is 1. The lowest BCUT2D eigenvalue weighted by atomic mass is 10.1. The molecule has 7 nitrogen and oxygen atoms in total. The van der Waals surface area contributed by atoms with Gasteiger partial charge in [-0.25, -0.2) is 9.59 Å². The molecule has 0 aliphatic rings. The summed E-state index contributed by atoms with van der Waals surface area (Å²) in [6.45, 7) is 5.17. The van der Waals surface area contributed by atoms with Gasteiger partial charge in [0.1, 0.15) is 11.6 Å². The Morgan fingerprint density at radius 3 is 2.60 bits per heavy atom. The van der Waals surface area contributed by atoms with Crippen LogP contribution in [0, 0.1) is 0 Å². The molecule has 20 heavy (non-hydrogen) atoms. The van der Waals surface area contributed by atoms with Gasteiger partial charge in [-0.3, -0.25) is 5.21 Å². The van der Waals surface area contributed by atoms with Crippen molar-refractivity contribution < 1.29 is 29.0 Å². The molecule has 1 amide bonds. The largest absolute Gasteiger partial charge is 0.467 e. The van der Waals surface area contributed by atoms with E-state index in [1.165, 1.54) is 24.0 Å². The summed E-state index contributed by atoms with van der Waals surface area (Å²) in [5.74, 6) is -0.609. The summed E-state index contributed by atoms with van der Waals surface area (Å²) in [7, 11) is 1.23. The maximum absolute atomic E-state index is 11.7. The summed E-state index contributed by atoms with van der Waals surface area (Å²) in [6, 6.07) is -0.928. The third-order valence-corrected chi connectivity index (χ3v) is 2.98. The van der Waals surface area contributed by atoms with Crippen LogP contribution in [0.15, 0.2) is 10.9 Å². The van der Waals surface area contributed by atoms with Gasteiger partial charge in [0.25, 0.3) is 5.51 Å². The maximum Gasteiger partial charge on any atom is 0.408 e. The monoisotopic (exact) mass is 303 g/mol. The Balaban J connectivity index is 2.73. The number of esters is 1.